The van der Waals surface area contributed by atoms with Gasteiger partial charge in [0.2, 0.25) is 5.91 Å². The number of hydrogen-bond acceptors (Lipinski definition) is 3. The Labute approximate surface area is 124 Å². The van der Waals surface area contributed by atoms with Crippen molar-refractivity contribution in [3.05, 3.63) is 40.4 Å². The van der Waals surface area contributed by atoms with Gasteiger partial charge in [-0.05, 0) is 25.0 Å². The zero-order chi connectivity index (χ0) is 15.2. The van der Waals surface area contributed by atoms with Gasteiger partial charge in [0, 0.05) is 6.54 Å². The van der Waals surface area contributed by atoms with Crippen LogP contribution in [0.2, 0.25) is 0 Å². The van der Waals surface area contributed by atoms with E-state index in [9.17, 15) is 9.59 Å². The lowest BCUT2D eigenvalue weighted by molar-refractivity contribution is -0.121. The predicted molar refractivity (Wildman–Crippen MR) is 83.3 cm³/mol. The Hall–Kier alpha value is -2.17. The fourth-order valence-corrected chi connectivity index (χ4v) is 2.26. The minimum absolute atomic E-state index is 0.0157. The molecule has 0 aliphatic rings. The maximum Gasteiger partial charge on any atom is 0.261 e. The molecule has 0 atom stereocenters. The molecule has 1 aromatic carbocycles. The van der Waals surface area contributed by atoms with E-state index in [-0.39, 0.29) is 18.0 Å². The highest BCUT2D eigenvalue weighted by Gasteiger charge is 2.08. The maximum absolute atomic E-state index is 12.3. The van der Waals surface area contributed by atoms with Crippen LogP contribution in [-0.2, 0) is 11.3 Å². The molecular formula is C16H21N3O2. The Morgan fingerprint density at radius 2 is 2.14 bits per heavy atom. The number of hydrogen-bond donors (Lipinski definition) is 1. The first-order chi connectivity index (χ1) is 10.1. The van der Waals surface area contributed by atoms with Crippen molar-refractivity contribution < 1.29 is 4.79 Å². The van der Waals surface area contributed by atoms with Gasteiger partial charge in [0.1, 0.15) is 6.54 Å². The van der Waals surface area contributed by atoms with Crippen molar-refractivity contribution in [2.45, 2.75) is 39.7 Å². The van der Waals surface area contributed by atoms with E-state index in [1.165, 1.54) is 10.9 Å². The van der Waals surface area contributed by atoms with E-state index >= 15 is 0 Å². The number of benzene rings is 1. The van der Waals surface area contributed by atoms with E-state index in [0.29, 0.717) is 17.4 Å². The molecule has 0 fully saturated rings. The zero-order valence-corrected chi connectivity index (χ0v) is 12.6. The Bertz CT molecular complexity index is 691. The molecule has 21 heavy (non-hydrogen) atoms. The molecule has 1 aromatic heterocycles. The number of aryl methyl sites for hydroxylation is 1. The Kier molecular flexibility index (Phi) is 5.09. The van der Waals surface area contributed by atoms with Crippen LogP contribution in [0, 0.1) is 6.92 Å². The molecule has 2 rings (SSSR count). The summed E-state index contributed by atoms with van der Waals surface area (Å²) in [5, 5.41) is 3.38. The van der Waals surface area contributed by atoms with Crippen molar-refractivity contribution in [3.8, 4) is 0 Å². The first kappa shape index (κ1) is 15.2. The Morgan fingerprint density at radius 3 is 2.90 bits per heavy atom. The van der Waals surface area contributed by atoms with Crippen LogP contribution in [0.15, 0.2) is 29.3 Å². The smallest absolute Gasteiger partial charge is 0.261 e. The van der Waals surface area contributed by atoms with Gasteiger partial charge in [0.15, 0.2) is 0 Å². The highest BCUT2D eigenvalue weighted by molar-refractivity contribution is 5.81. The molecule has 1 heterocycles. The van der Waals surface area contributed by atoms with Gasteiger partial charge in [-0.25, -0.2) is 4.98 Å². The van der Waals surface area contributed by atoms with Crippen LogP contribution in [0.25, 0.3) is 10.9 Å². The van der Waals surface area contributed by atoms with Crippen molar-refractivity contribution in [2.75, 3.05) is 6.54 Å². The van der Waals surface area contributed by atoms with Crippen LogP contribution in [0.4, 0.5) is 0 Å². The van der Waals surface area contributed by atoms with Gasteiger partial charge in [-0.15, -0.1) is 0 Å². The van der Waals surface area contributed by atoms with Gasteiger partial charge in [-0.2, -0.15) is 0 Å². The predicted octanol–water partition coefficient (Wildman–Crippen LogP) is 2.01. The third-order valence-electron chi connectivity index (χ3n) is 3.47. The molecule has 1 N–H and O–H groups in total. The average Bonchev–Trinajstić information content (AvgIpc) is 2.47. The van der Waals surface area contributed by atoms with E-state index in [2.05, 4.69) is 17.2 Å². The van der Waals surface area contributed by atoms with Gasteiger partial charge in [0.25, 0.3) is 5.56 Å². The van der Waals surface area contributed by atoms with E-state index in [1.54, 1.807) is 6.07 Å². The van der Waals surface area contributed by atoms with E-state index in [0.717, 1.165) is 24.8 Å². The number of fused-ring (bicyclic) bond motifs is 1. The normalized spacial score (nSPS) is 10.8. The quantitative estimate of drug-likeness (QED) is 0.827. The molecule has 0 radical (unpaired) electrons. The van der Waals surface area contributed by atoms with Gasteiger partial charge in [-0.1, -0.05) is 31.9 Å². The second kappa shape index (κ2) is 7.02. The van der Waals surface area contributed by atoms with Crippen molar-refractivity contribution in [1.29, 1.82) is 0 Å². The van der Waals surface area contributed by atoms with Crippen molar-refractivity contribution in [2.24, 2.45) is 0 Å². The molecule has 0 saturated heterocycles. The number of rotatable bonds is 6. The lowest BCUT2D eigenvalue weighted by Crippen LogP contribution is -2.33. The molecule has 5 heteroatoms. The molecule has 2 aromatic rings. The molecule has 112 valence electrons. The average molecular weight is 287 g/mol. The molecule has 0 spiro atoms. The van der Waals surface area contributed by atoms with E-state index < -0.39 is 0 Å². The Balaban J connectivity index is 2.11. The highest BCUT2D eigenvalue weighted by atomic mass is 16.2. The summed E-state index contributed by atoms with van der Waals surface area (Å²) in [7, 11) is 0. The van der Waals surface area contributed by atoms with Gasteiger partial charge in [0.05, 0.1) is 17.2 Å². The lowest BCUT2D eigenvalue weighted by Gasteiger charge is -2.08. The van der Waals surface area contributed by atoms with Gasteiger partial charge >= 0.3 is 0 Å². The van der Waals surface area contributed by atoms with Gasteiger partial charge in [-0.3, -0.25) is 14.2 Å². The van der Waals surface area contributed by atoms with Crippen LogP contribution in [0.1, 0.15) is 31.7 Å². The fourth-order valence-electron chi connectivity index (χ4n) is 2.26. The largest absolute Gasteiger partial charge is 0.355 e. The molecule has 0 aliphatic carbocycles. The van der Waals surface area contributed by atoms with Gasteiger partial charge < -0.3 is 5.32 Å². The molecule has 0 saturated carbocycles. The summed E-state index contributed by atoms with van der Waals surface area (Å²) in [5.74, 6) is -0.151. The molecule has 1 amide bonds. The van der Waals surface area contributed by atoms with Crippen molar-refractivity contribution in [1.82, 2.24) is 14.9 Å². The monoisotopic (exact) mass is 287 g/mol. The third-order valence-corrected chi connectivity index (χ3v) is 3.47. The number of aromatic nitrogens is 2. The number of carbonyl (C=O) groups is 1. The first-order valence-electron chi connectivity index (χ1n) is 7.35. The van der Waals surface area contributed by atoms with Crippen molar-refractivity contribution in [3.63, 3.8) is 0 Å². The second-order valence-corrected chi connectivity index (χ2v) is 5.21. The van der Waals surface area contributed by atoms with Crippen LogP contribution >= 0.6 is 0 Å². The second-order valence-electron chi connectivity index (χ2n) is 5.21. The highest BCUT2D eigenvalue weighted by Crippen LogP contribution is 2.10. The lowest BCUT2D eigenvalue weighted by atomic mass is 10.1. The summed E-state index contributed by atoms with van der Waals surface area (Å²) in [5.41, 5.74) is 1.48. The number of carbonyl (C=O) groups excluding carboxylic acids is 1. The SMILES string of the molecule is CCCCCNC(=O)Cn1cnc2c(C)cccc2c1=O. The molecule has 0 bridgehead atoms. The summed E-state index contributed by atoms with van der Waals surface area (Å²) in [4.78, 5) is 28.5. The van der Waals surface area contributed by atoms with E-state index in [4.69, 9.17) is 0 Å². The zero-order valence-electron chi connectivity index (χ0n) is 12.6. The third kappa shape index (κ3) is 3.68. The maximum atomic E-state index is 12.3. The number of para-hydroxylation sites is 1. The number of amides is 1. The first-order valence-corrected chi connectivity index (χ1v) is 7.35. The van der Waals surface area contributed by atoms with Crippen molar-refractivity contribution >= 4 is 16.8 Å². The molecule has 0 unspecified atom stereocenters. The standard InChI is InChI=1S/C16H21N3O2/c1-3-4-5-9-17-14(20)10-19-11-18-15-12(2)7-6-8-13(15)16(19)21/h6-8,11H,3-5,9-10H2,1-2H3,(H,17,20). The summed E-state index contributed by atoms with van der Waals surface area (Å²) in [6.07, 6.45) is 4.62. The molecule has 0 aliphatic heterocycles. The minimum Gasteiger partial charge on any atom is -0.355 e. The summed E-state index contributed by atoms with van der Waals surface area (Å²) in [6, 6.07) is 5.49. The van der Waals surface area contributed by atoms with Crippen LogP contribution in [0.5, 0.6) is 0 Å². The summed E-state index contributed by atoms with van der Waals surface area (Å²) in [6.45, 7) is 4.70. The Morgan fingerprint density at radius 1 is 1.33 bits per heavy atom. The minimum atomic E-state index is -0.174. The van der Waals surface area contributed by atoms with Crippen LogP contribution in [-0.4, -0.2) is 22.0 Å². The number of nitrogens with one attached hydrogen (secondary N) is 1. The van der Waals surface area contributed by atoms with Crippen LogP contribution in [0.3, 0.4) is 0 Å². The fraction of sp³-hybridized carbons (Fsp3) is 0.438. The summed E-state index contributed by atoms with van der Waals surface area (Å²) >= 11 is 0. The number of nitrogens with zero attached hydrogens (tertiary/aromatic N) is 2. The number of unbranched alkanes of at least 4 members (excludes halogenated alkanes) is 2. The van der Waals surface area contributed by atoms with E-state index in [1.807, 2.05) is 19.1 Å². The molecule has 5 nitrogen and oxygen atoms in total. The van der Waals surface area contributed by atoms with Crippen LogP contribution < -0.4 is 10.9 Å². The topological polar surface area (TPSA) is 64.0 Å². The summed E-state index contributed by atoms with van der Waals surface area (Å²) < 4.78 is 1.36. The molecular weight excluding hydrogens is 266 g/mol.